The molecule has 0 saturated heterocycles. The van der Waals surface area contributed by atoms with Crippen LogP contribution in [0, 0.1) is 12.8 Å². The van der Waals surface area contributed by atoms with E-state index < -0.39 is 0 Å². The number of rotatable bonds is 4. The molecule has 0 aliphatic carbocycles. The maximum atomic E-state index is 12.1. The Morgan fingerprint density at radius 1 is 1.21 bits per heavy atom. The van der Waals surface area contributed by atoms with Crippen LogP contribution in [0.2, 0.25) is 0 Å². The Morgan fingerprint density at radius 3 is 2.79 bits per heavy atom. The number of nitrogens with one attached hydrogen (secondary N) is 1. The molecule has 0 aliphatic heterocycles. The van der Waals surface area contributed by atoms with Gasteiger partial charge in [-0.05, 0) is 19.1 Å². The average Bonchev–Trinajstić information content (AvgIpc) is 3.24. The highest BCUT2D eigenvalue weighted by molar-refractivity contribution is 5.81. The molecule has 0 aliphatic rings. The van der Waals surface area contributed by atoms with Crippen molar-refractivity contribution in [3.8, 4) is 11.4 Å². The third kappa shape index (κ3) is 3.15. The molecule has 4 rings (SSSR count). The summed E-state index contributed by atoms with van der Waals surface area (Å²) in [6, 6.07) is 7.00. The zero-order valence-electron chi connectivity index (χ0n) is 15.7. The SMILES string of the molecule is Cc1nc(N)cc(-c2c(Nc3ccn(C(=O)C(C)C)n3)nc3cccnn23)n1. The summed E-state index contributed by atoms with van der Waals surface area (Å²) in [5.74, 6) is 1.62. The summed E-state index contributed by atoms with van der Waals surface area (Å²) in [6.45, 7) is 5.42. The number of carbonyl (C=O) groups excluding carboxylic acids is 1. The average molecular weight is 377 g/mol. The highest BCUT2D eigenvalue weighted by atomic mass is 16.2. The van der Waals surface area contributed by atoms with Crippen LogP contribution in [0.4, 0.5) is 17.5 Å². The molecule has 142 valence electrons. The van der Waals surface area contributed by atoms with Gasteiger partial charge >= 0.3 is 0 Å². The van der Waals surface area contributed by atoms with Gasteiger partial charge in [0.1, 0.15) is 17.3 Å². The number of imidazole rings is 1. The predicted molar refractivity (Wildman–Crippen MR) is 104 cm³/mol. The maximum absolute atomic E-state index is 12.1. The van der Waals surface area contributed by atoms with E-state index in [0.29, 0.717) is 40.3 Å². The number of carbonyl (C=O) groups is 1. The van der Waals surface area contributed by atoms with Crippen LogP contribution in [0.1, 0.15) is 24.5 Å². The highest BCUT2D eigenvalue weighted by Gasteiger charge is 2.19. The summed E-state index contributed by atoms with van der Waals surface area (Å²) < 4.78 is 2.98. The van der Waals surface area contributed by atoms with Crippen LogP contribution < -0.4 is 11.1 Å². The molecule has 0 radical (unpaired) electrons. The molecule has 3 N–H and O–H groups in total. The summed E-state index contributed by atoms with van der Waals surface area (Å²) in [6.07, 6.45) is 3.28. The molecular formula is C18H19N9O. The lowest BCUT2D eigenvalue weighted by Gasteiger charge is -2.06. The minimum absolute atomic E-state index is 0.0934. The molecule has 0 fully saturated rings. The van der Waals surface area contributed by atoms with Crippen molar-refractivity contribution in [1.82, 2.24) is 34.3 Å². The Kier molecular flexibility index (Phi) is 4.22. The summed E-state index contributed by atoms with van der Waals surface area (Å²) in [4.78, 5) is 25.3. The van der Waals surface area contributed by atoms with E-state index in [1.807, 2.05) is 19.9 Å². The molecule has 28 heavy (non-hydrogen) atoms. The number of anilines is 3. The van der Waals surface area contributed by atoms with Crippen LogP contribution in [-0.2, 0) is 0 Å². The van der Waals surface area contributed by atoms with Crippen LogP contribution in [0.25, 0.3) is 17.0 Å². The van der Waals surface area contributed by atoms with E-state index >= 15 is 0 Å². The second-order valence-corrected chi connectivity index (χ2v) is 6.59. The van der Waals surface area contributed by atoms with Crippen molar-refractivity contribution in [3.63, 3.8) is 0 Å². The van der Waals surface area contributed by atoms with E-state index in [9.17, 15) is 4.79 Å². The van der Waals surface area contributed by atoms with Gasteiger partial charge in [-0.25, -0.2) is 24.1 Å². The van der Waals surface area contributed by atoms with Gasteiger partial charge in [-0.2, -0.15) is 5.10 Å². The van der Waals surface area contributed by atoms with Crippen LogP contribution in [0.3, 0.4) is 0 Å². The van der Waals surface area contributed by atoms with Gasteiger partial charge in [-0.3, -0.25) is 4.79 Å². The monoisotopic (exact) mass is 377 g/mol. The van der Waals surface area contributed by atoms with Gasteiger partial charge in [0, 0.05) is 30.4 Å². The van der Waals surface area contributed by atoms with E-state index in [1.54, 1.807) is 42.0 Å². The highest BCUT2D eigenvalue weighted by Crippen LogP contribution is 2.29. The zero-order valence-corrected chi connectivity index (χ0v) is 15.7. The van der Waals surface area contributed by atoms with Gasteiger partial charge in [0.25, 0.3) is 0 Å². The molecule has 4 aromatic heterocycles. The number of nitrogens with two attached hydrogens (primary N) is 1. The van der Waals surface area contributed by atoms with Crippen molar-refractivity contribution in [1.29, 1.82) is 0 Å². The summed E-state index contributed by atoms with van der Waals surface area (Å²) in [5.41, 5.74) is 7.74. The molecule has 0 bridgehead atoms. The number of hydrogen-bond donors (Lipinski definition) is 2. The Labute approximate surface area is 160 Å². The molecule has 4 heterocycles. The van der Waals surface area contributed by atoms with Crippen molar-refractivity contribution >= 4 is 29.0 Å². The lowest BCUT2D eigenvalue weighted by atomic mass is 10.2. The molecular weight excluding hydrogens is 358 g/mol. The molecule has 0 unspecified atom stereocenters. The van der Waals surface area contributed by atoms with E-state index in [2.05, 4.69) is 30.5 Å². The Bertz CT molecular complexity index is 1150. The van der Waals surface area contributed by atoms with E-state index in [1.165, 1.54) is 4.68 Å². The normalized spacial score (nSPS) is 11.3. The van der Waals surface area contributed by atoms with Gasteiger partial charge in [0.15, 0.2) is 17.3 Å². The molecule has 0 atom stereocenters. The fourth-order valence-electron chi connectivity index (χ4n) is 2.82. The van der Waals surface area contributed by atoms with Crippen LogP contribution in [-0.4, -0.2) is 40.3 Å². The van der Waals surface area contributed by atoms with Crippen LogP contribution >= 0.6 is 0 Å². The minimum Gasteiger partial charge on any atom is -0.384 e. The third-order valence-corrected chi connectivity index (χ3v) is 4.05. The van der Waals surface area contributed by atoms with E-state index in [4.69, 9.17) is 5.73 Å². The van der Waals surface area contributed by atoms with Crippen molar-refractivity contribution < 1.29 is 4.79 Å². The van der Waals surface area contributed by atoms with Crippen LogP contribution in [0.5, 0.6) is 0 Å². The standard InChI is InChI=1S/C18H19N9O/c1-10(2)18(28)26-8-6-14(25-26)23-17-16(12-9-13(19)22-11(3)21-12)27-15(24-17)5-4-7-20-27/h4-10H,1-3H3,(H,23,25)(H2,19,21,22). The first-order valence-corrected chi connectivity index (χ1v) is 8.74. The number of nitrogens with zero attached hydrogens (tertiary/aromatic N) is 7. The molecule has 10 nitrogen and oxygen atoms in total. The van der Waals surface area contributed by atoms with Crippen molar-refractivity contribution in [2.45, 2.75) is 20.8 Å². The Hall–Kier alpha value is -3.82. The number of aromatic nitrogens is 7. The van der Waals surface area contributed by atoms with Gasteiger partial charge in [0.2, 0.25) is 5.91 Å². The third-order valence-electron chi connectivity index (χ3n) is 4.05. The summed E-state index contributed by atoms with van der Waals surface area (Å²) in [7, 11) is 0. The number of nitrogen functional groups attached to an aromatic ring is 1. The first kappa shape index (κ1) is 17.6. The van der Waals surface area contributed by atoms with Crippen LogP contribution in [0.15, 0.2) is 36.7 Å². The van der Waals surface area contributed by atoms with E-state index in [-0.39, 0.29) is 11.8 Å². The molecule has 0 spiro atoms. The minimum atomic E-state index is -0.158. The molecule has 10 heteroatoms. The quantitative estimate of drug-likeness (QED) is 0.554. The second kappa shape index (κ2) is 6.72. The fraction of sp³-hybridized carbons (Fsp3) is 0.222. The molecule has 4 aromatic rings. The van der Waals surface area contributed by atoms with Gasteiger partial charge in [0.05, 0.1) is 5.69 Å². The lowest BCUT2D eigenvalue weighted by molar-refractivity contribution is 0.0839. The molecule has 0 aromatic carbocycles. The first-order valence-electron chi connectivity index (χ1n) is 8.74. The Balaban J connectivity index is 1.80. The van der Waals surface area contributed by atoms with Gasteiger partial charge in [-0.1, -0.05) is 13.8 Å². The lowest BCUT2D eigenvalue weighted by Crippen LogP contribution is -2.17. The van der Waals surface area contributed by atoms with Crippen molar-refractivity contribution in [2.24, 2.45) is 5.92 Å². The largest absolute Gasteiger partial charge is 0.384 e. The van der Waals surface area contributed by atoms with Gasteiger partial charge < -0.3 is 11.1 Å². The predicted octanol–water partition coefficient (Wildman–Crippen LogP) is 2.31. The smallest absolute Gasteiger partial charge is 0.249 e. The second-order valence-electron chi connectivity index (χ2n) is 6.59. The molecule has 0 amide bonds. The maximum Gasteiger partial charge on any atom is 0.249 e. The number of hydrogen-bond acceptors (Lipinski definition) is 8. The fourth-order valence-corrected chi connectivity index (χ4v) is 2.82. The van der Waals surface area contributed by atoms with E-state index in [0.717, 1.165) is 0 Å². The van der Waals surface area contributed by atoms with Crippen molar-refractivity contribution in [2.75, 3.05) is 11.1 Å². The first-order chi connectivity index (χ1) is 13.4. The summed E-state index contributed by atoms with van der Waals surface area (Å²) in [5, 5.41) is 11.8. The topological polar surface area (TPSA) is 129 Å². The van der Waals surface area contributed by atoms with Gasteiger partial charge in [-0.15, -0.1) is 5.10 Å². The molecule has 0 saturated carbocycles. The summed E-state index contributed by atoms with van der Waals surface area (Å²) >= 11 is 0. The Morgan fingerprint density at radius 2 is 2.04 bits per heavy atom. The zero-order chi connectivity index (χ0) is 19.8. The van der Waals surface area contributed by atoms with Crippen molar-refractivity contribution in [3.05, 3.63) is 42.5 Å². The number of aryl methyl sites for hydroxylation is 1. The number of fused-ring (bicyclic) bond motifs is 1.